The quantitative estimate of drug-likeness (QED) is 0.693. The molecule has 2 heterocycles. The number of rotatable bonds is 0. The van der Waals surface area contributed by atoms with E-state index in [4.69, 9.17) is 4.74 Å². The minimum Gasteiger partial charge on any atom is -0.444 e. The minimum absolute atomic E-state index is 0.270. The van der Waals surface area contributed by atoms with Crippen LogP contribution in [0.4, 0.5) is 4.79 Å². The lowest BCUT2D eigenvalue weighted by atomic mass is 10.2. The van der Waals surface area contributed by atoms with Gasteiger partial charge in [-0.2, -0.15) is 0 Å². The highest BCUT2D eigenvalue weighted by molar-refractivity contribution is 5.69. The van der Waals surface area contributed by atoms with Crippen LogP contribution in [0.15, 0.2) is 12.1 Å². The zero-order valence-electron chi connectivity index (χ0n) is 10.8. The summed E-state index contributed by atoms with van der Waals surface area (Å²) in [7, 11) is 0. The monoisotopic (exact) mass is 234 g/mol. The molecule has 0 aliphatic carbocycles. The second-order valence-electron chi connectivity index (χ2n) is 5.39. The third-order valence-electron chi connectivity index (χ3n) is 2.56. The smallest absolute Gasteiger partial charge is 0.410 e. The summed E-state index contributed by atoms with van der Waals surface area (Å²) >= 11 is 0. The highest BCUT2D eigenvalue weighted by atomic mass is 16.6. The number of pyridine rings is 1. The van der Waals surface area contributed by atoms with Crippen LogP contribution in [-0.4, -0.2) is 21.6 Å². The van der Waals surface area contributed by atoms with Gasteiger partial charge in [-0.15, -0.1) is 0 Å². The van der Waals surface area contributed by atoms with E-state index in [1.165, 1.54) is 0 Å². The van der Waals surface area contributed by atoms with Crippen LogP contribution < -0.4 is 0 Å². The molecule has 0 bridgehead atoms. The number of amides is 1. The van der Waals surface area contributed by atoms with Crippen molar-refractivity contribution in [2.45, 2.75) is 46.4 Å². The Balaban J connectivity index is 2.07. The first kappa shape index (κ1) is 11.9. The fourth-order valence-electron chi connectivity index (χ4n) is 1.82. The Kier molecular flexibility index (Phi) is 2.81. The SMILES string of the molecule is Cc1ccc2c(n1)CN(C(=O)OC(C)(C)C)C2. The van der Waals surface area contributed by atoms with Crippen molar-refractivity contribution in [1.82, 2.24) is 9.88 Å². The Morgan fingerprint density at radius 3 is 2.71 bits per heavy atom. The number of hydrogen-bond acceptors (Lipinski definition) is 3. The maximum Gasteiger partial charge on any atom is 0.410 e. The van der Waals surface area contributed by atoms with E-state index in [1.807, 2.05) is 39.8 Å². The number of hydrogen-bond donors (Lipinski definition) is 0. The Morgan fingerprint density at radius 2 is 2.06 bits per heavy atom. The van der Waals surface area contributed by atoms with Crippen molar-refractivity contribution < 1.29 is 9.53 Å². The number of aromatic nitrogens is 1. The maximum atomic E-state index is 11.9. The zero-order chi connectivity index (χ0) is 12.6. The van der Waals surface area contributed by atoms with Crippen molar-refractivity contribution in [2.75, 3.05) is 0 Å². The first-order valence-corrected chi connectivity index (χ1v) is 5.78. The van der Waals surface area contributed by atoms with Crippen molar-refractivity contribution in [3.05, 3.63) is 29.1 Å². The molecule has 0 atom stereocenters. The molecular formula is C13H18N2O2. The molecule has 0 unspecified atom stereocenters. The van der Waals surface area contributed by atoms with Gasteiger partial charge in [0.1, 0.15) is 5.60 Å². The van der Waals surface area contributed by atoms with Gasteiger partial charge in [0.25, 0.3) is 0 Å². The van der Waals surface area contributed by atoms with Gasteiger partial charge >= 0.3 is 6.09 Å². The molecule has 1 aliphatic rings. The van der Waals surface area contributed by atoms with E-state index in [0.717, 1.165) is 17.0 Å². The molecule has 1 aromatic rings. The molecule has 0 fully saturated rings. The second-order valence-corrected chi connectivity index (χ2v) is 5.39. The van der Waals surface area contributed by atoms with Crippen LogP contribution in [-0.2, 0) is 17.8 Å². The number of nitrogens with zero attached hydrogens (tertiary/aromatic N) is 2. The summed E-state index contributed by atoms with van der Waals surface area (Å²) in [6.45, 7) is 8.71. The van der Waals surface area contributed by atoms with Crippen molar-refractivity contribution in [2.24, 2.45) is 0 Å². The number of carbonyl (C=O) groups excluding carboxylic acids is 1. The summed E-state index contributed by atoms with van der Waals surface area (Å²) in [5, 5.41) is 0. The van der Waals surface area contributed by atoms with Crippen LogP contribution >= 0.6 is 0 Å². The molecule has 4 nitrogen and oxygen atoms in total. The number of ether oxygens (including phenoxy) is 1. The van der Waals surface area contributed by atoms with Crippen LogP contribution in [0.3, 0.4) is 0 Å². The van der Waals surface area contributed by atoms with Crippen LogP contribution in [0.5, 0.6) is 0 Å². The van der Waals surface area contributed by atoms with E-state index in [9.17, 15) is 4.79 Å². The molecule has 17 heavy (non-hydrogen) atoms. The molecule has 2 rings (SSSR count). The van der Waals surface area contributed by atoms with Gasteiger partial charge in [-0.1, -0.05) is 6.07 Å². The molecule has 0 aromatic carbocycles. The summed E-state index contributed by atoms with van der Waals surface area (Å²) in [4.78, 5) is 18.0. The molecule has 92 valence electrons. The molecule has 0 spiro atoms. The van der Waals surface area contributed by atoms with Crippen LogP contribution in [0, 0.1) is 6.92 Å². The lowest BCUT2D eigenvalue weighted by Gasteiger charge is -2.23. The van der Waals surface area contributed by atoms with Crippen LogP contribution in [0.25, 0.3) is 0 Å². The molecule has 1 aromatic heterocycles. The Bertz CT molecular complexity index is 449. The maximum absolute atomic E-state index is 11.9. The number of fused-ring (bicyclic) bond motifs is 1. The third kappa shape index (κ3) is 2.75. The van der Waals surface area contributed by atoms with E-state index in [-0.39, 0.29) is 6.09 Å². The molecule has 4 heteroatoms. The number of carbonyl (C=O) groups is 1. The molecule has 0 radical (unpaired) electrons. The average molecular weight is 234 g/mol. The summed E-state index contributed by atoms with van der Waals surface area (Å²) in [5.74, 6) is 0. The molecule has 1 amide bonds. The average Bonchev–Trinajstić information content (AvgIpc) is 2.57. The van der Waals surface area contributed by atoms with E-state index < -0.39 is 5.60 Å². The lowest BCUT2D eigenvalue weighted by molar-refractivity contribution is 0.0240. The fourth-order valence-corrected chi connectivity index (χ4v) is 1.82. The molecule has 0 saturated carbocycles. The van der Waals surface area contributed by atoms with E-state index in [0.29, 0.717) is 13.1 Å². The lowest BCUT2D eigenvalue weighted by Crippen LogP contribution is -2.33. The molecule has 1 aliphatic heterocycles. The molecule has 0 saturated heterocycles. The van der Waals surface area contributed by atoms with Crippen molar-refractivity contribution in [3.8, 4) is 0 Å². The second kappa shape index (κ2) is 4.02. The predicted molar refractivity (Wildman–Crippen MR) is 64.5 cm³/mol. The van der Waals surface area contributed by atoms with Gasteiger partial charge in [-0.3, -0.25) is 9.88 Å². The Labute approximate surface area is 102 Å². The van der Waals surface area contributed by atoms with Gasteiger partial charge in [-0.25, -0.2) is 4.79 Å². The molecule has 0 N–H and O–H groups in total. The topological polar surface area (TPSA) is 42.4 Å². The minimum atomic E-state index is -0.449. The summed E-state index contributed by atoms with van der Waals surface area (Å²) in [5.41, 5.74) is 2.63. The fraction of sp³-hybridized carbons (Fsp3) is 0.538. The van der Waals surface area contributed by atoms with Gasteiger partial charge in [-0.05, 0) is 39.3 Å². The van der Waals surface area contributed by atoms with Gasteiger partial charge in [0, 0.05) is 5.69 Å². The van der Waals surface area contributed by atoms with E-state index >= 15 is 0 Å². The van der Waals surface area contributed by atoms with Gasteiger partial charge < -0.3 is 4.74 Å². The highest BCUT2D eigenvalue weighted by Crippen LogP contribution is 2.23. The van der Waals surface area contributed by atoms with Crippen molar-refractivity contribution in [3.63, 3.8) is 0 Å². The summed E-state index contributed by atoms with van der Waals surface area (Å²) in [6, 6.07) is 4.00. The highest BCUT2D eigenvalue weighted by Gasteiger charge is 2.28. The zero-order valence-corrected chi connectivity index (χ0v) is 10.8. The van der Waals surface area contributed by atoms with Crippen molar-refractivity contribution >= 4 is 6.09 Å². The van der Waals surface area contributed by atoms with Crippen molar-refractivity contribution in [1.29, 1.82) is 0 Å². The summed E-state index contributed by atoms with van der Waals surface area (Å²) in [6.07, 6.45) is -0.270. The van der Waals surface area contributed by atoms with Gasteiger partial charge in [0.2, 0.25) is 0 Å². The number of aryl methyl sites for hydroxylation is 1. The summed E-state index contributed by atoms with van der Waals surface area (Å²) < 4.78 is 5.34. The Hall–Kier alpha value is -1.58. The predicted octanol–water partition coefficient (Wildman–Crippen LogP) is 2.64. The largest absolute Gasteiger partial charge is 0.444 e. The van der Waals surface area contributed by atoms with E-state index in [1.54, 1.807) is 4.90 Å². The third-order valence-corrected chi connectivity index (χ3v) is 2.56. The van der Waals surface area contributed by atoms with E-state index in [2.05, 4.69) is 4.98 Å². The Morgan fingerprint density at radius 1 is 1.35 bits per heavy atom. The first-order valence-electron chi connectivity index (χ1n) is 5.78. The van der Waals surface area contributed by atoms with Gasteiger partial charge in [0.15, 0.2) is 0 Å². The van der Waals surface area contributed by atoms with Crippen LogP contribution in [0.2, 0.25) is 0 Å². The molecular weight excluding hydrogens is 216 g/mol. The first-order chi connectivity index (χ1) is 7.85. The normalized spacial score (nSPS) is 14.7. The standard InChI is InChI=1S/C13H18N2O2/c1-9-5-6-10-7-15(8-11(10)14-9)12(16)17-13(2,3)4/h5-6H,7-8H2,1-4H3. The van der Waals surface area contributed by atoms with Gasteiger partial charge in [0.05, 0.1) is 18.8 Å². The van der Waals surface area contributed by atoms with Crippen LogP contribution in [0.1, 0.15) is 37.7 Å².